The first kappa shape index (κ1) is 23.5. The third-order valence-electron chi connectivity index (χ3n) is 4.53. The summed E-state index contributed by atoms with van der Waals surface area (Å²) in [5.74, 6) is -1.50. The van der Waals surface area contributed by atoms with E-state index in [4.69, 9.17) is 5.11 Å². The van der Waals surface area contributed by atoms with E-state index in [0.717, 1.165) is 20.9 Å². The van der Waals surface area contributed by atoms with Crippen molar-refractivity contribution in [3.05, 3.63) is 83.9 Å². The molecule has 3 aromatic carbocycles. The summed E-state index contributed by atoms with van der Waals surface area (Å²) < 4.78 is 24.5. The molecule has 0 bridgehead atoms. The van der Waals surface area contributed by atoms with E-state index in [1.165, 1.54) is 11.8 Å². The lowest BCUT2D eigenvalue weighted by Gasteiger charge is -2.09. The van der Waals surface area contributed by atoms with Gasteiger partial charge in [0.2, 0.25) is 5.91 Å². The van der Waals surface area contributed by atoms with Crippen molar-refractivity contribution in [2.75, 3.05) is 18.9 Å². The van der Waals surface area contributed by atoms with Gasteiger partial charge in [0.25, 0.3) is 0 Å². The number of carbonyl (C=O) groups excluding carboxylic acids is 1. The Morgan fingerprint density at radius 1 is 1.00 bits per heavy atom. The Morgan fingerprint density at radius 2 is 1.69 bits per heavy atom. The van der Waals surface area contributed by atoms with E-state index >= 15 is 0 Å². The van der Waals surface area contributed by atoms with E-state index in [9.17, 15) is 18.5 Å². The quantitative estimate of drug-likeness (QED) is 0.501. The van der Waals surface area contributed by atoms with E-state index in [1.54, 1.807) is 18.2 Å². The number of aliphatic hydroxyl groups is 1. The number of nitriles is 1. The fourth-order valence-corrected chi connectivity index (χ4v) is 5.30. The van der Waals surface area contributed by atoms with Crippen LogP contribution >= 0.6 is 11.8 Å². The van der Waals surface area contributed by atoms with Crippen molar-refractivity contribution in [3.8, 4) is 17.2 Å². The van der Waals surface area contributed by atoms with Crippen LogP contribution < -0.4 is 5.32 Å². The van der Waals surface area contributed by atoms with E-state index in [0.29, 0.717) is 11.1 Å². The number of hydrogen-bond donors (Lipinski definition) is 2. The topological polar surface area (TPSA) is 107 Å². The molecule has 0 aromatic heterocycles. The van der Waals surface area contributed by atoms with Gasteiger partial charge in [0.05, 0.1) is 17.9 Å². The number of hydrogen-bond acceptors (Lipinski definition) is 6. The van der Waals surface area contributed by atoms with E-state index in [2.05, 4.69) is 11.4 Å². The minimum absolute atomic E-state index is 0.0260. The highest BCUT2D eigenvalue weighted by molar-refractivity contribution is 7.99. The summed E-state index contributed by atoms with van der Waals surface area (Å²) in [7, 11) is -3.63. The smallest absolute Gasteiger partial charge is 0.235 e. The van der Waals surface area contributed by atoms with Crippen LogP contribution in [-0.4, -0.2) is 38.3 Å². The predicted molar refractivity (Wildman–Crippen MR) is 125 cm³/mol. The number of nitrogens with one attached hydrogen (secondary N) is 1. The Bertz CT molecular complexity index is 1220. The lowest BCUT2D eigenvalue weighted by molar-refractivity contribution is -0.118. The van der Waals surface area contributed by atoms with Gasteiger partial charge in [-0.1, -0.05) is 60.3 Å². The lowest BCUT2D eigenvalue weighted by atomic mass is 10.0. The number of carbonyl (C=O) groups is 1. The van der Waals surface area contributed by atoms with E-state index < -0.39 is 21.5 Å². The number of benzene rings is 3. The number of sulfone groups is 1. The first-order valence-corrected chi connectivity index (χ1v) is 12.5. The molecule has 0 fully saturated rings. The molecule has 8 heteroatoms. The van der Waals surface area contributed by atoms with Crippen LogP contribution in [-0.2, 0) is 20.4 Å². The van der Waals surface area contributed by atoms with Crippen LogP contribution in [0.2, 0.25) is 0 Å². The molecule has 0 aliphatic rings. The van der Waals surface area contributed by atoms with Crippen LogP contribution in [0.3, 0.4) is 0 Å². The highest BCUT2D eigenvalue weighted by Crippen LogP contribution is 2.33. The zero-order valence-corrected chi connectivity index (χ0v) is 18.8. The fourth-order valence-electron chi connectivity index (χ4n) is 3.04. The monoisotopic (exact) mass is 466 g/mol. The van der Waals surface area contributed by atoms with Gasteiger partial charge in [-0.2, -0.15) is 5.26 Å². The molecule has 0 radical (unpaired) electrons. The maximum absolute atomic E-state index is 12.3. The van der Waals surface area contributed by atoms with Crippen molar-refractivity contribution in [3.63, 3.8) is 0 Å². The molecule has 0 saturated carbocycles. The highest BCUT2D eigenvalue weighted by atomic mass is 32.2. The Kier molecular flexibility index (Phi) is 8.06. The Morgan fingerprint density at radius 3 is 2.34 bits per heavy atom. The Balaban J connectivity index is 1.75. The molecule has 0 aliphatic heterocycles. The number of rotatable bonds is 9. The van der Waals surface area contributed by atoms with Gasteiger partial charge in [-0.05, 0) is 41.0 Å². The second kappa shape index (κ2) is 11.0. The van der Waals surface area contributed by atoms with Crippen LogP contribution in [0.5, 0.6) is 0 Å². The zero-order valence-electron chi connectivity index (χ0n) is 17.2. The summed E-state index contributed by atoms with van der Waals surface area (Å²) in [6.07, 6.45) is 0. The second-order valence-electron chi connectivity index (χ2n) is 7.04. The minimum Gasteiger partial charge on any atom is -0.395 e. The first-order chi connectivity index (χ1) is 15.4. The molecule has 0 unspecified atom stereocenters. The average molecular weight is 467 g/mol. The summed E-state index contributed by atoms with van der Waals surface area (Å²) in [5, 5.41) is 20.5. The van der Waals surface area contributed by atoms with Crippen LogP contribution in [0, 0.1) is 11.3 Å². The third-order valence-corrected chi connectivity index (χ3v) is 7.07. The number of nitrogens with zero attached hydrogens (tertiary/aromatic N) is 1. The molecule has 0 spiro atoms. The van der Waals surface area contributed by atoms with Crippen molar-refractivity contribution >= 4 is 27.5 Å². The molecule has 0 aliphatic carbocycles. The predicted octanol–water partition coefficient (Wildman–Crippen LogP) is 3.40. The molecule has 1 amide bonds. The summed E-state index contributed by atoms with van der Waals surface area (Å²) in [4.78, 5) is 13.5. The van der Waals surface area contributed by atoms with Crippen molar-refractivity contribution < 1.29 is 18.3 Å². The van der Waals surface area contributed by atoms with Crippen LogP contribution in [0.1, 0.15) is 11.1 Å². The molecular formula is C24H22N2O4S2. The largest absolute Gasteiger partial charge is 0.395 e. The molecular weight excluding hydrogens is 444 g/mol. The van der Waals surface area contributed by atoms with Gasteiger partial charge in [0.1, 0.15) is 11.8 Å². The van der Waals surface area contributed by atoms with Crippen LogP contribution in [0.15, 0.2) is 82.6 Å². The molecule has 3 rings (SSSR count). The van der Waals surface area contributed by atoms with Gasteiger partial charge >= 0.3 is 0 Å². The lowest BCUT2D eigenvalue weighted by Crippen LogP contribution is -2.32. The highest BCUT2D eigenvalue weighted by Gasteiger charge is 2.17. The van der Waals surface area contributed by atoms with Crippen molar-refractivity contribution in [2.45, 2.75) is 15.5 Å². The standard InChI is InChI=1S/C24H22N2O4S2/c25-15-21-11-10-20(14-23(21)31-22-4-2-1-3-5-22)19-8-6-18(7-9-19)16-32(29,30)17-24(28)26-12-13-27/h1-11,14,27H,12-13,16-17H2,(H,26,28). The third kappa shape index (κ3) is 6.69. The second-order valence-corrected chi connectivity index (χ2v) is 10.2. The molecule has 0 atom stereocenters. The van der Waals surface area contributed by atoms with Crippen molar-refractivity contribution in [2.24, 2.45) is 0 Å². The Labute approximate surface area is 191 Å². The van der Waals surface area contributed by atoms with Crippen LogP contribution in [0.4, 0.5) is 0 Å². The minimum atomic E-state index is -3.63. The Hall–Kier alpha value is -3.12. The molecule has 6 nitrogen and oxygen atoms in total. The van der Waals surface area contributed by atoms with Gasteiger partial charge in [0, 0.05) is 16.3 Å². The van der Waals surface area contributed by atoms with Crippen LogP contribution in [0.25, 0.3) is 11.1 Å². The van der Waals surface area contributed by atoms with Gasteiger partial charge < -0.3 is 10.4 Å². The molecule has 164 valence electrons. The van der Waals surface area contributed by atoms with E-state index in [1.807, 2.05) is 54.6 Å². The average Bonchev–Trinajstić information content (AvgIpc) is 2.78. The summed E-state index contributed by atoms with van der Waals surface area (Å²) in [6.45, 7) is -0.216. The van der Waals surface area contributed by atoms with Crippen molar-refractivity contribution in [1.82, 2.24) is 5.32 Å². The molecule has 2 N–H and O–H groups in total. The normalized spacial score (nSPS) is 11.0. The molecule has 0 saturated heterocycles. The number of amides is 1. The summed E-state index contributed by atoms with van der Waals surface area (Å²) in [5.41, 5.74) is 2.98. The molecule has 32 heavy (non-hydrogen) atoms. The maximum Gasteiger partial charge on any atom is 0.235 e. The van der Waals surface area contributed by atoms with Gasteiger partial charge in [-0.3, -0.25) is 4.79 Å². The SMILES string of the molecule is N#Cc1ccc(-c2ccc(CS(=O)(=O)CC(=O)NCCO)cc2)cc1Sc1ccccc1. The zero-order chi connectivity index (χ0) is 23.0. The summed E-state index contributed by atoms with van der Waals surface area (Å²) in [6, 6.07) is 24.7. The molecule has 3 aromatic rings. The van der Waals surface area contributed by atoms with Gasteiger partial charge in [-0.25, -0.2) is 8.42 Å². The van der Waals surface area contributed by atoms with E-state index in [-0.39, 0.29) is 18.9 Å². The molecule has 0 heterocycles. The first-order valence-electron chi connectivity index (χ1n) is 9.84. The number of aliphatic hydroxyl groups excluding tert-OH is 1. The van der Waals surface area contributed by atoms with Gasteiger partial charge in [-0.15, -0.1) is 0 Å². The fraction of sp³-hybridized carbons (Fsp3) is 0.167. The van der Waals surface area contributed by atoms with Crippen molar-refractivity contribution in [1.29, 1.82) is 5.26 Å². The van der Waals surface area contributed by atoms with Gasteiger partial charge in [0.15, 0.2) is 9.84 Å². The maximum atomic E-state index is 12.3. The summed E-state index contributed by atoms with van der Waals surface area (Å²) >= 11 is 1.51.